The van der Waals surface area contributed by atoms with Gasteiger partial charge >= 0.3 is 0 Å². The van der Waals surface area contributed by atoms with Crippen LogP contribution >= 0.6 is 15.9 Å². The summed E-state index contributed by atoms with van der Waals surface area (Å²) in [6, 6.07) is 16.9. The van der Waals surface area contributed by atoms with Crippen molar-refractivity contribution in [3.8, 4) is 5.75 Å². The molecule has 2 nitrogen and oxygen atoms in total. The second-order valence-electron chi connectivity index (χ2n) is 4.50. The van der Waals surface area contributed by atoms with Crippen LogP contribution in [0.15, 0.2) is 53.0 Å². The van der Waals surface area contributed by atoms with Crippen LogP contribution in [0.1, 0.15) is 24.1 Å². The van der Waals surface area contributed by atoms with Gasteiger partial charge in [0.1, 0.15) is 5.75 Å². The smallest absolute Gasteiger partial charge is 0.118 e. The van der Waals surface area contributed by atoms with E-state index in [1.54, 1.807) is 7.11 Å². The fourth-order valence-electron chi connectivity index (χ4n) is 1.88. The highest BCUT2D eigenvalue weighted by Crippen LogP contribution is 2.17. The molecule has 19 heavy (non-hydrogen) atoms. The molecule has 2 rings (SSSR count). The maximum Gasteiger partial charge on any atom is 0.118 e. The molecule has 0 saturated carbocycles. The molecular formula is C16H18BrNO. The first-order valence-electron chi connectivity index (χ1n) is 6.31. The maximum atomic E-state index is 5.15. The largest absolute Gasteiger partial charge is 0.497 e. The molecule has 0 aromatic heterocycles. The molecule has 2 aromatic carbocycles. The van der Waals surface area contributed by atoms with Crippen molar-refractivity contribution in [1.29, 1.82) is 0 Å². The van der Waals surface area contributed by atoms with Crippen molar-refractivity contribution in [3.05, 3.63) is 64.1 Å². The van der Waals surface area contributed by atoms with Gasteiger partial charge in [0.2, 0.25) is 0 Å². The fraction of sp³-hybridized carbons (Fsp3) is 0.250. The predicted molar refractivity (Wildman–Crippen MR) is 82.4 cm³/mol. The molecule has 2 aromatic rings. The lowest BCUT2D eigenvalue weighted by molar-refractivity contribution is 0.414. The van der Waals surface area contributed by atoms with Crippen LogP contribution in [-0.4, -0.2) is 7.11 Å². The van der Waals surface area contributed by atoms with E-state index in [4.69, 9.17) is 4.74 Å². The Kier molecular flexibility index (Phi) is 5.00. The van der Waals surface area contributed by atoms with Crippen LogP contribution in [0.4, 0.5) is 0 Å². The molecule has 1 atom stereocenters. The topological polar surface area (TPSA) is 21.3 Å². The molecule has 100 valence electrons. The third-order valence-corrected chi connectivity index (χ3v) is 3.67. The SMILES string of the molecule is COc1ccc(CNC(C)c2ccc(Br)cc2)cc1. The molecular weight excluding hydrogens is 302 g/mol. The number of halogens is 1. The quantitative estimate of drug-likeness (QED) is 0.886. The van der Waals surface area contributed by atoms with E-state index in [0.29, 0.717) is 6.04 Å². The fourth-order valence-corrected chi connectivity index (χ4v) is 2.15. The van der Waals surface area contributed by atoms with Crippen molar-refractivity contribution in [3.63, 3.8) is 0 Å². The van der Waals surface area contributed by atoms with E-state index in [-0.39, 0.29) is 0 Å². The first-order chi connectivity index (χ1) is 9.19. The first kappa shape index (κ1) is 14.1. The molecule has 3 heteroatoms. The number of rotatable bonds is 5. The van der Waals surface area contributed by atoms with E-state index >= 15 is 0 Å². The Morgan fingerprint density at radius 2 is 1.68 bits per heavy atom. The summed E-state index contributed by atoms with van der Waals surface area (Å²) in [6.07, 6.45) is 0. The summed E-state index contributed by atoms with van der Waals surface area (Å²) in [5.74, 6) is 0.893. The van der Waals surface area contributed by atoms with Crippen LogP contribution in [0, 0.1) is 0 Å². The van der Waals surface area contributed by atoms with Gasteiger partial charge in [-0.3, -0.25) is 0 Å². The lowest BCUT2D eigenvalue weighted by atomic mass is 10.1. The van der Waals surface area contributed by atoms with Crippen LogP contribution in [0.2, 0.25) is 0 Å². The van der Waals surface area contributed by atoms with Crippen molar-refractivity contribution < 1.29 is 4.74 Å². The van der Waals surface area contributed by atoms with Crippen LogP contribution in [0.5, 0.6) is 5.75 Å². The van der Waals surface area contributed by atoms with Crippen LogP contribution in [0.25, 0.3) is 0 Å². The highest BCUT2D eigenvalue weighted by molar-refractivity contribution is 9.10. The van der Waals surface area contributed by atoms with Gasteiger partial charge in [-0.15, -0.1) is 0 Å². The van der Waals surface area contributed by atoms with Crippen molar-refractivity contribution in [1.82, 2.24) is 5.32 Å². The van der Waals surface area contributed by atoms with Crippen molar-refractivity contribution in [2.24, 2.45) is 0 Å². The van der Waals surface area contributed by atoms with Crippen LogP contribution in [-0.2, 0) is 6.54 Å². The van der Waals surface area contributed by atoms with Gasteiger partial charge in [0.25, 0.3) is 0 Å². The van der Waals surface area contributed by atoms with Gasteiger partial charge in [0.05, 0.1) is 7.11 Å². The van der Waals surface area contributed by atoms with E-state index < -0.39 is 0 Å². The zero-order chi connectivity index (χ0) is 13.7. The van der Waals surface area contributed by atoms with Crippen molar-refractivity contribution >= 4 is 15.9 Å². The summed E-state index contributed by atoms with van der Waals surface area (Å²) >= 11 is 3.45. The normalized spacial score (nSPS) is 12.2. The number of hydrogen-bond donors (Lipinski definition) is 1. The molecule has 0 spiro atoms. The van der Waals surface area contributed by atoms with Gasteiger partial charge in [0, 0.05) is 17.1 Å². The minimum atomic E-state index is 0.329. The molecule has 0 aliphatic rings. The molecule has 0 bridgehead atoms. The van der Waals surface area contributed by atoms with E-state index in [1.165, 1.54) is 11.1 Å². The summed E-state index contributed by atoms with van der Waals surface area (Å²) in [6.45, 7) is 3.02. The average Bonchev–Trinajstić information content (AvgIpc) is 2.46. The number of hydrogen-bond acceptors (Lipinski definition) is 2. The third kappa shape index (κ3) is 4.08. The van der Waals surface area contributed by atoms with Gasteiger partial charge in [0.15, 0.2) is 0 Å². The molecule has 0 fully saturated rings. The van der Waals surface area contributed by atoms with Gasteiger partial charge in [-0.2, -0.15) is 0 Å². The number of benzene rings is 2. The molecule has 0 amide bonds. The predicted octanol–water partition coefficient (Wildman–Crippen LogP) is 4.31. The number of methoxy groups -OCH3 is 1. The zero-order valence-electron chi connectivity index (χ0n) is 11.2. The average molecular weight is 320 g/mol. The number of ether oxygens (including phenoxy) is 1. The molecule has 0 heterocycles. The van der Waals surface area contributed by atoms with E-state index in [1.807, 2.05) is 12.1 Å². The Morgan fingerprint density at radius 1 is 1.05 bits per heavy atom. The van der Waals surface area contributed by atoms with Crippen molar-refractivity contribution in [2.75, 3.05) is 7.11 Å². The highest BCUT2D eigenvalue weighted by atomic mass is 79.9. The Morgan fingerprint density at radius 3 is 2.26 bits per heavy atom. The summed E-state index contributed by atoms with van der Waals surface area (Å²) in [5.41, 5.74) is 2.54. The zero-order valence-corrected chi connectivity index (χ0v) is 12.8. The van der Waals surface area contributed by atoms with E-state index in [2.05, 4.69) is 64.6 Å². The maximum absolute atomic E-state index is 5.15. The van der Waals surface area contributed by atoms with Crippen LogP contribution < -0.4 is 10.1 Å². The molecule has 0 aliphatic carbocycles. The Labute approximate surface area is 122 Å². The summed E-state index contributed by atoms with van der Waals surface area (Å²) in [5, 5.41) is 3.52. The third-order valence-electron chi connectivity index (χ3n) is 3.14. The molecule has 1 unspecified atom stereocenters. The van der Waals surface area contributed by atoms with E-state index in [0.717, 1.165) is 16.8 Å². The van der Waals surface area contributed by atoms with Gasteiger partial charge in [-0.1, -0.05) is 40.2 Å². The summed E-state index contributed by atoms with van der Waals surface area (Å²) in [7, 11) is 1.68. The van der Waals surface area contributed by atoms with E-state index in [9.17, 15) is 0 Å². The Balaban J connectivity index is 1.92. The standard InChI is InChI=1S/C16H18BrNO/c1-12(14-5-7-15(17)8-6-14)18-11-13-3-9-16(19-2)10-4-13/h3-10,12,18H,11H2,1-2H3. The van der Waals surface area contributed by atoms with Gasteiger partial charge in [-0.05, 0) is 42.3 Å². The molecule has 1 N–H and O–H groups in total. The van der Waals surface area contributed by atoms with Gasteiger partial charge < -0.3 is 10.1 Å². The first-order valence-corrected chi connectivity index (χ1v) is 7.10. The molecule has 0 radical (unpaired) electrons. The second kappa shape index (κ2) is 6.73. The number of nitrogens with one attached hydrogen (secondary N) is 1. The lowest BCUT2D eigenvalue weighted by Gasteiger charge is -2.14. The molecule has 0 saturated heterocycles. The Hall–Kier alpha value is -1.32. The minimum absolute atomic E-state index is 0.329. The monoisotopic (exact) mass is 319 g/mol. The van der Waals surface area contributed by atoms with Crippen LogP contribution in [0.3, 0.4) is 0 Å². The lowest BCUT2D eigenvalue weighted by Crippen LogP contribution is -2.17. The minimum Gasteiger partial charge on any atom is -0.497 e. The van der Waals surface area contributed by atoms with Gasteiger partial charge in [-0.25, -0.2) is 0 Å². The summed E-state index contributed by atoms with van der Waals surface area (Å²) < 4.78 is 6.26. The second-order valence-corrected chi connectivity index (χ2v) is 5.42. The summed E-state index contributed by atoms with van der Waals surface area (Å²) in [4.78, 5) is 0. The van der Waals surface area contributed by atoms with Crippen molar-refractivity contribution in [2.45, 2.75) is 19.5 Å². The molecule has 0 aliphatic heterocycles. The highest BCUT2D eigenvalue weighted by Gasteiger charge is 2.04. The Bertz CT molecular complexity index is 507.